The molecule has 0 spiro atoms. The Morgan fingerprint density at radius 1 is 1.06 bits per heavy atom. The van der Waals surface area contributed by atoms with Gasteiger partial charge in [0.2, 0.25) is 5.91 Å². The van der Waals surface area contributed by atoms with Gasteiger partial charge in [0.25, 0.3) is 5.91 Å². The molecule has 7 heteroatoms. The minimum atomic E-state index is -0.227. The maximum atomic E-state index is 12.8. The van der Waals surface area contributed by atoms with Crippen molar-refractivity contribution in [1.82, 2.24) is 4.98 Å². The lowest BCUT2D eigenvalue weighted by Gasteiger charge is -2.15. The maximum Gasteiger partial charge on any atom is 0.255 e. The van der Waals surface area contributed by atoms with E-state index in [9.17, 15) is 9.59 Å². The second-order valence-electron chi connectivity index (χ2n) is 7.23. The number of anilines is 2. The van der Waals surface area contributed by atoms with Gasteiger partial charge in [0.1, 0.15) is 6.61 Å². The van der Waals surface area contributed by atoms with E-state index >= 15 is 0 Å². The fourth-order valence-electron chi connectivity index (χ4n) is 3.58. The molecule has 1 aliphatic rings. The van der Waals surface area contributed by atoms with Crippen LogP contribution >= 0.6 is 0 Å². The highest BCUT2D eigenvalue weighted by molar-refractivity contribution is 6.05. The Hall–Kier alpha value is -3.87. The number of carbonyl (C=O) groups is 2. The summed E-state index contributed by atoms with van der Waals surface area (Å²) in [6.07, 6.45) is 4.16. The van der Waals surface area contributed by atoms with Gasteiger partial charge < -0.3 is 19.7 Å². The number of amides is 2. The van der Waals surface area contributed by atoms with Crippen LogP contribution in [0.1, 0.15) is 28.4 Å². The van der Waals surface area contributed by atoms with E-state index < -0.39 is 0 Å². The van der Waals surface area contributed by atoms with Gasteiger partial charge in [-0.3, -0.25) is 14.6 Å². The number of pyridine rings is 1. The van der Waals surface area contributed by atoms with E-state index in [4.69, 9.17) is 9.47 Å². The number of methoxy groups -OCH3 is 1. The van der Waals surface area contributed by atoms with Gasteiger partial charge >= 0.3 is 0 Å². The van der Waals surface area contributed by atoms with Gasteiger partial charge in [0.15, 0.2) is 11.5 Å². The first kappa shape index (κ1) is 20.4. The zero-order valence-corrected chi connectivity index (χ0v) is 17.4. The van der Waals surface area contributed by atoms with Gasteiger partial charge in [0, 0.05) is 48.9 Å². The van der Waals surface area contributed by atoms with Crippen molar-refractivity contribution in [3.8, 4) is 11.5 Å². The number of rotatable bonds is 6. The van der Waals surface area contributed by atoms with Crippen LogP contribution in [0.3, 0.4) is 0 Å². The zero-order chi connectivity index (χ0) is 21.8. The molecular weight excluding hydrogens is 394 g/mol. The molecule has 158 valence electrons. The number of benzene rings is 2. The maximum absolute atomic E-state index is 12.8. The predicted molar refractivity (Wildman–Crippen MR) is 118 cm³/mol. The van der Waals surface area contributed by atoms with Crippen LogP contribution in [0.2, 0.25) is 0 Å². The van der Waals surface area contributed by atoms with Crippen molar-refractivity contribution >= 4 is 23.2 Å². The van der Waals surface area contributed by atoms with E-state index in [2.05, 4.69) is 10.3 Å². The Morgan fingerprint density at radius 2 is 1.87 bits per heavy atom. The molecule has 0 radical (unpaired) electrons. The number of hydrogen-bond donors (Lipinski definition) is 1. The van der Waals surface area contributed by atoms with Crippen LogP contribution in [0.15, 0.2) is 60.9 Å². The van der Waals surface area contributed by atoms with E-state index in [1.54, 1.807) is 55.6 Å². The largest absolute Gasteiger partial charge is 0.493 e. The molecule has 2 amide bonds. The Morgan fingerprint density at radius 3 is 2.61 bits per heavy atom. The molecule has 0 unspecified atom stereocenters. The lowest BCUT2D eigenvalue weighted by Crippen LogP contribution is -2.25. The van der Waals surface area contributed by atoms with Crippen molar-refractivity contribution in [2.24, 2.45) is 0 Å². The summed E-state index contributed by atoms with van der Waals surface area (Å²) in [6.45, 7) is 2.55. The molecule has 7 nitrogen and oxygen atoms in total. The summed E-state index contributed by atoms with van der Waals surface area (Å²) in [5.74, 6) is 0.889. The summed E-state index contributed by atoms with van der Waals surface area (Å²) >= 11 is 0. The van der Waals surface area contributed by atoms with Crippen LogP contribution in [-0.4, -0.2) is 30.5 Å². The molecule has 0 saturated carbocycles. The fraction of sp³-hybridized carbons (Fsp3) is 0.208. The number of nitrogens with zero attached hydrogens (tertiary/aromatic N) is 2. The third-order valence-corrected chi connectivity index (χ3v) is 5.18. The highest BCUT2D eigenvalue weighted by Crippen LogP contribution is 2.32. The van der Waals surface area contributed by atoms with Gasteiger partial charge in [-0.2, -0.15) is 0 Å². The average molecular weight is 417 g/mol. The van der Waals surface area contributed by atoms with Crippen molar-refractivity contribution in [3.63, 3.8) is 0 Å². The number of hydrogen-bond acceptors (Lipinski definition) is 5. The van der Waals surface area contributed by atoms with Crippen molar-refractivity contribution in [1.29, 1.82) is 0 Å². The quantitative estimate of drug-likeness (QED) is 0.659. The number of aromatic nitrogens is 1. The van der Waals surface area contributed by atoms with E-state index in [1.165, 1.54) is 0 Å². The Kier molecular flexibility index (Phi) is 5.84. The molecule has 0 fully saturated rings. The van der Waals surface area contributed by atoms with Crippen LogP contribution in [0, 0.1) is 0 Å². The number of fused-ring (bicyclic) bond motifs is 1. The lowest BCUT2D eigenvalue weighted by atomic mass is 10.1. The van der Waals surface area contributed by atoms with Crippen molar-refractivity contribution in [3.05, 3.63) is 77.6 Å². The van der Waals surface area contributed by atoms with E-state index in [1.807, 2.05) is 24.3 Å². The fourth-order valence-corrected chi connectivity index (χ4v) is 3.58. The second-order valence-corrected chi connectivity index (χ2v) is 7.23. The van der Waals surface area contributed by atoms with Crippen LogP contribution in [0.25, 0.3) is 0 Å². The number of carbonyl (C=O) groups excluding carboxylic acids is 2. The van der Waals surface area contributed by atoms with Crippen LogP contribution in [-0.2, 0) is 17.8 Å². The molecule has 2 aromatic carbocycles. The SMILES string of the molecule is COc1ccc(NC(=O)c2ccc3c(c2)CCN3C(C)=O)cc1OCc1ccncc1. The molecule has 3 aromatic rings. The van der Waals surface area contributed by atoms with E-state index in [0.29, 0.717) is 35.9 Å². The second kappa shape index (κ2) is 8.87. The topological polar surface area (TPSA) is 80.8 Å². The minimum absolute atomic E-state index is 0.00785. The average Bonchev–Trinajstić information content (AvgIpc) is 3.22. The summed E-state index contributed by atoms with van der Waals surface area (Å²) in [7, 11) is 1.57. The summed E-state index contributed by atoms with van der Waals surface area (Å²) < 4.78 is 11.3. The predicted octanol–water partition coefficient (Wildman–Crippen LogP) is 3.83. The monoisotopic (exact) mass is 417 g/mol. The molecule has 1 aromatic heterocycles. The Labute approximate surface area is 180 Å². The first-order chi connectivity index (χ1) is 15.0. The number of ether oxygens (including phenoxy) is 2. The molecule has 0 bridgehead atoms. The third kappa shape index (κ3) is 4.50. The molecule has 1 N–H and O–H groups in total. The van der Waals surface area contributed by atoms with Crippen LogP contribution in [0.5, 0.6) is 11.5 Å². The van der Waals surface area contributed by atoms with Gasteiger partial charge in [-0.1, -0.05) is 0 Å². The van der Waals surface area contributed by atoms with Gasteiger partial charge in [-0.25, -0.2) is 0 Å². The molecule has 1 aliphatic heterocycles. The first-order valence-electron chi connectivity index (χ1n) is 9.97. The van der Waals surface area contributed by atoms with Gasteiger partial charge in [-0.15, -0.1) is 0 Å². The van der Waals surface area contributed by atoms with E-state index in [0.717, 1.165) is 23.2 Å². The molecular formula is C24H23N3O4. The number of nitrogens with one attached hydrogen (secondary N) is 1. The summed E-state index contributed by atoms with van der Waals surface area (Å²) in [5.41, 5.74) is 3.99. The molecule has 0 atom stereocenters. The van der Waals surface area contributed by atoms with E-state index in [-0.39, 0.29) is 11.8 Å². The third-order valence-electron chi connectivity index (χ3n) is 5.18. The zero-order valence-electron chi connectivity index (χ0n) is 17.4. The molecule has 0 aliphatic carbocycles. The minimum Gasteiger partial charge on any atom is -0.493 e. The highest BCUT2D eigenvalue weighted by Gasteiger charge is 2.23. The molecule has 4 rings (SSSR count). The highest BCUT2D eigenvalue weighted by atomic mass is 16.5. The normalized spacial score (nSPS) is 12.3. The van der Waals surface area contributed by atoms with Gasteiger partial charge in [-0.05, 0) is 60.0 Å². The van der Waals surface area contributed by atoms with Crippen LogP contribution in [0.4, 0.5) is 11.4 Å². The van der Waals surface area contributed by atoms with Gasteiger partial charge in [0.05, 0.1) is 7.11 Å². The van der Waals surface area contributed by atoms with Crippen LogP contribution < -0.4 is 19.7 Å². The van der Waals surface area contributed by atoms with Crippen molar-refractivity contribution < 1.29 is 19.1 Å². The molecule has 31 heavy (non-hydrogen) atoms. The van der Waals surface area contributed by atoms with Crippen molar-refractivity contribution in [2.45, 2.75) is 20.0 Å². The van der Waals surface area contributed by atoms with Crippen molar-refractivity contribution in [2.75, 3.05) is 23.9 Å². The Balaban J connectivity index is 1.49. The summed E-state index contributed by atoms with van der Waals surface area (Å²) in [6, 6.07) is 14.4. The molecule has 0 saturated heterocycles. The first-order valence-corrected chi connectivity index (χ1v) is 9.97. The lowest BCUT2D eigenvalue weighted by molar-refractivity contribution is -0.116. The molecule has 2 heterocycles. The summed E-state index contributed by atoms with van der Waals surface area (Å²) in [4.78, 5) is 30.2. The standard InChI is InChI=1S/C24H23N3O4/c1-16(28)27-12-9-18-13-19(3-5-21(18)27)24(29)26-20-4-6-22(30-2)23(14-20)31-15-17-7-10-25-11-8-17/h3-8,10-11,13-14H,9,12,15H2,1-2H3,(H,26,29). The smallest absolute Gasteiger partial charge is 0.255 e. The Bertz CT molecular complexity index is 1120. The summed E-state index contributed by atoms with van der Waals surface area (Å²) in [5, 5.41) is 2.91.